The molecule has 1 aliphatic heterocycles. The smallest absolute Gasteiger partial charge is 0.377 e. The van der Waals surface area contributed by atoms with Gasteiger partial charge in [-0.3, -0.25) is 0 Å². The number of fused-ring (bicyclic) bond motifs is 1. The van der Waals surface area contributed by atoms with Crippen LogP contribution < -0.4 is 10.6 Å². The van der Waals surface area contributed by atoms with Crippen molar-refractivity contribution >= 4 is 41.3 Å². The van der Waals surface area contributed by atoms with Crippen LogP contribution in [0, 0.1) is 11.3 Å². The molecule has 0 amide bonds. The second-order valence-electron chi connectivity index (χ2n) is 7.36. The largest absolute Gasteiger partial charge is 0.434 e. The van der Waals surface area contributed by atoms with Gasteiger partial charge in [0.25, 0.3) is 0 Å². The SMILES string of the molecule is CCNC(=NCc1nc(C(F)(F)F)cs1)NC1C2CCCOC2C1(C)C.I. The Morgan fingerprint density at radius 2 is 2.19 bits per heavy atom. The number of nitrogens with zero attached hydrogens (tertiary/aromatic N) is 2. The third-order valence-electron chi connectivity index (χ3n) is 5.18. The Labute approximate surface area is 178 Å². The lowest BCUT2D eigenvalue weighted by molar-refractivity contribution is -0.188. The van der Waals surface area contributed by atoms with Crippen LogP contribution in [0.15, 0.2) is 10.4 Å². The highest BCUT2D eigenvalue weighted by Crippen LogP contribution is 2.51. The van der Waals surface area contributed by atoms with Gasteiger partial charge in [-0.25, -0.2) is 9.98 Å². The summed E-state index contributed by atoms with van der Waals surface area (Å²) >= 11 is 0.979. The van der Waals surface area contributed by atoms with Crippen molar-refractivity contribution in [2.24, 2.45) is 16.3 Å². The molecule has 1 saturated carbocycles. The first-order chi connectivity index (χ1) is 12.2. The molecule has 5 nitrogen and oxygen atoms in total. The predicted molar refractivity (Wildman–Crippen MR) is 111 cm³/mol. The van der Waals surface area contributed by atoms with E-state index in [2.05, 4.69) is 34.5 Å². The Morgan fingerprint density at radius 1 is 1.44 bits per heavy atom. The summed E-state index contributed by atoms with van der Waals surface area (Å²) in [6, 6.07) is 0.229. The molecule has 3 unspecified atom stereocenters. The number of aliphatic imine (C=N–C) groups is 1. The number of hydrogen-bond acceptors (Lipinski definition) is 4. The normalized spacial score (nSPS) is 27.2. The molecule has 0 radical (unpaired) electrons. The molecular weight excluding hydrogens is 492 g/mol. The van der Waals surface area contributed by atoms with Crippen LogP contribution in [0.5, 0.6) is 0 Å². The van der Waals surface area contributed by atoms with Crippen LogP contribution in [0.2, 0.25) is 0 Å². The minimum absolute atomic E-state index is 0. The summed E-state index contributed by atoms with van der Waals surface area (Å²) < 4.78 is 43.9. The van der Waals surface area contributed by atoms with Crippen LogP contribution >= 0.6 is 35.3 Å². The summed E-state index contributed by atoms with van der Waals surface area (Å²) in [6.07, 6.45) is -1.98. The number of alkyl halides is 3. The van der Waals surface area contributed by atoms with Crippen molar-refractivity contribution in [3.63, 3.8) is 0 Å². The maximum absolute atomic E-state index is 12.7. The summed E-state index contributed by atoms with van der Waals surface area (Å²) in [5.41, 5.74) is -0.862. The molecule has 0 aromatic carbocycles. The van der Waals surface area contributed by atoms with E-state index in [1.165, 1.54) is 0 Å². The third kappa shape index (κ3) is 4.87. The minimum Gasteiger partial charge on any atom is -0.377 e. The van der Waals surface area contributed by atoms with Crippen molar-refractivity contribution in [2.45, 2.75) is 58.5 Å². The van der Waals surface area contributed by atoms with Crippen molar-refractivity contribution in [1.82, 2.24) is 15.6 Å². The zero-order chi connectivity index (χ0) is 18.9. The lowest BCUT2D eigenvalue weighted by atomic mass is 9.55. The predicted octanol–water partition coefficient (Wildman–Crippen LogP) is 4.04. The molecule has 2 N–H and O–H groups in total. The van der Waals surface area contributed by atoms with Crippen molar-refractivity contribution in [3.8, 4) is 0 Å². The van der Waals surface area contributed by atoms with Gasteiger partial charge in [-0.2, -0.15) is 13.2 Å². The Kier molecular flexibility index (Phi) is 7.40. The Hall–Kier alpha value is -0.620. The number of rotatable bonds is 4. The molecule has 2 aliphatic rings. The first-order valence-electron chi connectivity index (χ1n) is 8.91. The standard InChI is InChI=1S/C17H25F3N4OS.HI/c1-4-21-15(22-8-12-23-11(9-26-12)17(18,19)20)24-13-10-6-5-7-25-14(10)16(13,2)3;/h9-10,13-14H,4-8H2,1-3H3,(H2,21,22,24);1H. The van der Waals surface area contributed by atoms with Crippen LogP contribution in [0.3, 0.4) is 0 Å². The molecule has 1 saturated heterocycles. The van der Waals surface area contributed by atoms with E-state index in [1.54, 1.807) is 0 Å². The van der Waals surface area contributed by atoms with Crippen LogP contribution in [0.4, 0.5) is 13.2 Å². The molecular formula is C17H26F3IN4OS. The first-order valence-corrected chi connectivity index (χ1v) is 9.79. The van der Waals surface area contributed by atoms with Gasteiger partial charge in [-0.1, -0.05) is 13.8 Å². The lowest BCUT2D eigenvalue weighted by Gasteiger charge is -2.60. The minimum atomic E-state index is -4.41. The molecule has 3 atom stereocenters. The van der Waals surface area contributed by atoms with E-state index in [0.717, 1.165) is 36.2 Å². The number of halogens is 4. The van der Waals surface area contributed by atoms with Gasteiger partial charge >= 0.3 is 6.18 Å². The van der Waals surface area contributed by atoms with Crippen molar-refractivity contribution in [1.29, 1.82) is 0 Å². The van der Waals surface area contributed by atoms with E-state index in [4.69, 9.17) is 4.74 Å². The van der Waals surface area contributed by atoms with Gasteiger partial charge in [0.05, 0.1) is 12.6 Å². The number of ether oxygens (including phenoxy) is 1. The maximum atomic E-state index is 12.7. The summed E-state index contributed by atoms with van der Waals surface area (Å²) in [5, 5.41) is 8.02. The monoisotopic (exact) mass is 518 g/mol. The topological polar surface area (TPSA) is 58.5 Å². The average molecular weight is 518 g/mol. The van der Waals surface area contributed by atoms with Gasteiger partial charge in [0.15, 0.2) is 11.7 Å². The molecule has 10 heteroatoms. The summed E-state index contributed by atoms with van der Waals surface area (Å²) in [5.74, 6) is 1.05. The van der Waals surface area contributed by atoms with E-state index in [1.807, 2.05) is 6.92 Å². The van der Waals surface area contributed by atoms with E-state index >= 15 is 0 Å². The second-order valence-corrected chi connectivity index (χ2v) is 8.30. The molecule has 2 heterocycles. The molecule has 0 spiro atoms. The molecule has 27 heavy (non-hydrogen) atoms. The highest BCUT2D eigenvalue weighted by atomic mass is 127. The van der Waals surface area contributed by atoms with Crippen LogP contribution in [-0.4, -0.2) is 36.2 Å². The van der Waals surface area contributed by atoms with E-state index in [9.17, 15) is 13.2 Å². The van der Waals surface area contributed by atoms with Crippen LogP contribution in [0.1, 0.15) is 44.3 Å². The van der Waals surface area contributed by atoms with Gasteiger partial charge < -0.3 is 15.4 Å². The highest BCUT2D eigenvalue weighted by molar-refractivity contribution is 14.0. The van der Waals surface area contributed by atoms with E-state index < -0.39 is 11.9 Å². The van der Waals surface area contributed by atoms with Gasteiger partial charge in [-0.15, -0.1) is 35.3 Å². The molecule has 154 valence electrons. The second kappa shape index (κ2) is 8.81. The molecule has 2 fully saturated rings. The number of aromatic nitrogens is 1. The van der Waals surface area contributed by atoms with Gasteiger partial charge in [0.1, 0.15) is 5.01 Å². The number of guanidine groups is 1. The Morgan fingerprint density at radius 3 is 2.81 bits per heavy atom. The highest BCUT2D eigenvalue weighted by Gasteiger charge is 2.58. The molecule has 1 aromatic rings. The van der Waals surface area contributed by atoms with Crippen LogP contribution in [-0.2, 0) is 17.5 Å². The zero-order valence-corrected chi connectivity index (χ0v) is 18.7. The quantitative estimate of drug-likeness (QED) is 0.359. The summed E-state index contributed by atoms with van der Waals surface area (Å²) in [7, 11) is 0. The number of thiazole rings is 1. The zero-order valence-electron chi connectivity index (χ0n) is 15.6. The van der Waals surface area contributed by atoms with E-state index in [-0.39, 0.29) is 48.1 Å². The number of hydrogen-bond donors (Lipinski definition) is 2. The fraction of sp³-hybridized carbons (Fsp3) is 0.765. The first kappa shape index (κ1) is 22.7. The fourth-order valence-electron chi connectivity index (χ4n) is 3.94. The van der Waals surface area contributed by atoms with Gasteiger partial charge in [0, 0.05) is 35.9 Å². The summed E-state index contributed by atoms with van der Waals surface area (Å²) in [4.78, 5) is 8.07. The summed E-state index contributed by atoms with van der Waals surface area (Å²) in [6.45, 7) is 7.93. The average Bonchev–Trinajstić information content (AvgIpc) is 3.06. The molecule has 0 bridgehead atoms. The maximum Gasteiger partial charge on any atom is 0.434 e. The van der Waals surface area contributed by atoms with Crippen molar-refractivity contribution < 1.29 is 17.9 Å². The number of nitrogens with one attached hydrogen (secondary N) is 2. The van der Waals surface area contributed by atoms with Gasteiger partial charge in [0.2, 0.25) is 0 Å². The van der Waals surface area contributed by atoms with Gasteiger partial charge in [-0.05, 0) is 19.8 Å². The van der Waals surface area contributed by atoms with Crippen molar-refractivity contribution in [2.75, 3.05) is 13.2 Å². The third-order valence-corrected chi connectivity index (χ3v) is 6.02. The Balaban J connectivity index is 0.00000261. The van der Waals surface area contributed by atoms with E-state index in [0.29, 0.717) is 23.4 Å². The fourth-order valence-corrected chi connectivity index (χ4v) is 4.67. The molecule has 1 aliphatic carbocycles. The Bertz CT molecular complexity index is 665. The molecule has 1 aromatic heterocycles. The van der Waals surface area contributed by atoms with Crippen molar-refractivity contribution in [3.05, 3.63) is 16.1 Å². The molecule has 3 rings (SSSR count). The van der Waals surface area contributed by atoms with Crippen LogP contribution in [0.25, 0.3) is 0 Å². The lowest BCUT2D eigenvalue weighted by Crippen LogP contribution is -2.71.